The first kappa shape index (κ1) is 19.7. The molecule has 1 fully saturated rings. The first-order chi connectivity index (χ1) is 12.1. The molecule has 0 aromatic carbocycles. The van der Waals surface area contributed by atoms with Gasteiger partial charge in [-0.05, 0) is 13.3 Å². The van der Waals surface area contributed by atoms with Crippen molar-refractivity contribution in [2.45, 2.75) is 38.9 Å². The van der Waals surface area contributed by atoms with Crippen LogP contribution in [0.1, 0.15) is 38.8 Å². The lowest BCUT2D eigenvalue weighted by Crippen LogP contribution is -2.53. The first-order valence-electron chi connectivity index (χ1n) is 8.97. The normalized spacial score (nSPS) is 17.0. The van der Waals surface area contributed by atoms with Crippen LogP contribution in [0, 0.1) is 0 Å². The van der Waals surface area contributed by atoms with E-state index in [1.807, 2.05) is 6.92 Å². The molecule has 1 saturated heterocycles. The maximum Gasteiger partial charge on any atom is 0.220 e. The lowest BCUT2D eigenvalue weighted by Gasteiger charge is -2.35. The second kappa shape index (κ2) is 9.76. The van der Waals surface area contributed by atoms with Crippen molar-refractivity contribution in [3.8, 4) is 0 Å². The van der Waals surface area contributed by atoms with E-state index >= 15 is 0 Å². The molecule has 8 nitrogen and oxygen atoms in total. The molecule has 142 valence electrons. The number of rotatable bonds is 8. The summed E-state index contributed by atoms with van der Waals surface area (Å²) in [6, 6.07) is 1.58. The molecule has 1 aliphatic heterocycles. The Kier molecular flexibility index (Phi) is 7.70. The minimum absolute atomic E-state index is 0.116. The average Bonchev–Trinajstić information content (AvgIpc) is 3.10. The molecule has 0 atom stereocenters. The molecule has 1 aromatic heterocycles. The van der Waals surface area contributed by atoms with E-state index in [0.717, 1.165) is 25.5 Å². The fourth-order valence-electron chi connectivity index (χ4n) is 2.74. The monoisotopic (exact) mass is 371 g/mol. The van der Waals surface area contributed by atoms with Gasteiger partial charge in [0.25, 0.3) is 0 Å². The van der Waals surface area contributed by atoms with Gasteiger partial charge in [-0.25, -0.2) is 8.42 Å². The lowest BCUT2D eigenvalue weighted by atomic mass is 10.2. The number of nitrogens with zero attached hydrogens (tertiary/aromatic N) is 4. The number of nitrogens with one attached hydrogen (secondary N) is 1. The Balaban J connectivity index is 1.90. The summed E-state index contributed by atoms with van der Waals surface area (Å²) in [6.45, 7) is 8.01. The van der Waals surface area contributed by atoms with Crippen LogP contribution in [0.5, 0.6) is 0 Å². The van der Waals surface area contributed by atoms with Gasteiger partial charge in [0.15, 0.2) is 5.96 Å². The summed E-state index contributed by atoms with van der Waals surface area (Å²) in [5.74, 6) is 0.765. The van der Waals surface area contributed by atoms with E-state index in [0.29, 0.717) is 31.9 Å². The SMILES string of the molecule is CCCCCN=C(NCC)N1CCN(S(=O)(=O)Cc2ccon2)CC1. The number of aliphatic imine (C=N–C) groups is 1. The molecule has 25 heavy (non-hydrogen) atoms. The van der Waals surface area contributed by atoms with E-state index in [1.165, 1.54) is 23.4 Å². The maximum atomic E-state index is 12.5. The van der Waals surface area contributed by atoms with E-state index < -0.39 is 10.0 Å². The highest BCUT2D eigenvalue weighted by molar-refractivity contribution is 7.88. The zero-order valence-electron chi connectivity index (χ0n) is 15.1. The van der Waals surface area contributed by atoms with E-state index in [4.69, 9.17) is 4.52 Å². The Morgan fingerprint density at radius 2 is 2.04 bits per heavy atom. The zero-order chi connectivity index (χ0) is 18.1. The van der Waals surface area contributed by atoms with Gasteiger partial charge in [0.1, 0.15) is 12.0 Å². The van der Waals surface area contributed by atoms with Crippen LogP contribution in [0.2, 0.25) is 0 Å². The largest absolute Gasteiger partial charge is 0.364 e. The van der Waals surface area contributed by atoms with Gasteiger partial charge in [0.2, 0.25) is 10.0 Å². The second-order valence-electron chi connectivity index (χ2n) is 6.08. The molecule has 0 saturated carbocycles. The summed E-state index contributed by atoms with van der Waals surface area (Å²) in [7, 11) is -3.37. The van der Waals surface area contributed by atoms with Gasteiger partial charge in [-0.15, -0.1) is 0 Å². The summed E-state index contributed by atoms with van der Waals surface area (Å²) in [4.78, 5) is 6.80. The predicted octanol–water partition coefficient (Wildman–Crippen LogP) is 1.28. The van der Waals surface area contributed by atoms with E-state index in [1.54, 1.807) is 6.07 Å². The van der Waals surface area contributed by atoms with Crippen molar-refractivity contribution in [3.63, 3.8) is 0 Å². The van der Waals surface area contributed by atoms with Crippen molar-refractivity contribution >= 4 is 16.0 Å². The molecule has 1 aliphatic rings. The van der Waals surface area contributed by atoms with Gasteiger partial charge in [-0.1, -0.05) is 24.9 Å². The van der Waals surface area contributed by atoms with Crippen LogP contribution in [0.15, 0.2) is 21.8 Å². The van der Waals surface area contributed by atoms with Crippen LogP contribution < -0.4 is 5.32 Å². The Morgan fingerprint density at radius 3 is 2.64 bits per heavy atom. The van der Waals surface area contributed by atoms with Gasteiger partial charge in [-0.3, -0.25) is 4.99 Å². The maximum absolute atomic E-state index is 12.5. The van der Waals surface area contributed by atoms with Gasteiger partial charge < -0.3 is 14.7 Å². The Morgan fingerprint density at radius 1 is 1.28 bits per heavy atom. The van der Waals surface area contributed by atoms with Crippen LogP contribution in [0.25, 0.3) is 0 Å². The van der Waals surface area contributed by atoms with E-state index in [2.05, 4.69) is 27.3 Å². The highest BCUT2D eigenvalue weighted by atomic mass is 32.2. The van der Waals surface area contributed by atoms with Crippen molar-refractivity contribution in [1.82, 2.24) is 19.7 Å². The molecule has 1 aromatic rings. The standard InChI is InChI=1S/C16H29N5O3S/c1-3-5-6-8-18-16(17-4-2)20-9-11-21(12-10-20)25(22,23)14-15-7-13-24-19-15/h7,13H,3-6,8-12,14H2,1-2H3,(H,17,18). The Labute approximate surface area is 150 Å². The van der Waals surface area contributed by atoms with Crippen molar-refractivity contribution in [3.05, 3.63) is 18.0 Å². The van der Waals surface area contributed by atoms with Gasteiger partial charge in [-0.2, -0.15) is 4.31 Å². The third-order valence-electron chi connectivity index (χ3n) is 4.11. The number of guanidine groups is 1. The number of hydrogen-bond acceptors (Lipinski definition) is 5. The topological polar surface area (TPSA) is 91.0 Å². The molecular weight excluding hydrogens is 342 g/mol. The fraction of sp³-hybridized carbons (Fsp3) is 0.750. The van der Waals surface area contributed by atoms with Crippen LogP contribution in [-0.4, -0.2) is 68.0 Å². The van der Waals surface area contributed by atoms with E-state index in [-0.39, 0.29) is 5.75 Å². The molecule has 0 aliphatic carbocycles. The highest BCUT2D eigenvalue weighted by Crippen LogP contribution is 2.13. The summed E-state index contributed by atoms with van der Waals surface area (Å²) >= 11 is 0. The van der Waals surface area contributed by atoms with Gasteiger partial charge in [0, 0.05) is 45.3 Å². The van der Waals surface area contributed by atoms with Crippen molar-refractivity contribution in [2.75, 3.05) is 39.3 Å². The first-order valence-corrected chi connectivity index (χ1v) is 10.6. The predicted molar refractivity (Wildman–Crippen MR) is 97.8 cm³/mol. The van der Waals surface area contributed by atoms with Crippen molar-refractivity contribution < 1.29 is 12.9 Å². The number of piperazine rings is 1. The van der Waals surface area contributed by atoms with Crippen molar-refractivity contribution in [2.24, 2.45) is 4.99 Å². The molecule has 0 radical (unpaired) electrons. The van der Waals surface area contributed by atoms with Crippen LogP contribution >= 0.6 is 0 Å². The molecule has 0 amide bonds. The molecule has 0 bridgehead atoms. The molecule has 2 rings (SSSR count). The molecule has 2 heterocycles. The molecule has 0 unspecified atom stereocenters. The average molecular weight is 372 g/mol. The third-order valence-corrected chi connectivity index (χ3v) is 5.92. The number of hydrogen-bond donors (Lipinski definition) is 1. The molecule has 0 spiro atoms. The number of sulfonamides is 1. The quantitative estimate of drug-likeness (QED) is 0.420. The van der Waals surface area contributed by atoms with Crippen LogP contribution in [0.4, 0.5) is 0 Å². The molecule has 1 N–H and O–H groups in total. The fourth-order valence-corrected chi connectivity index (χ4v) is 4.17. The summed E-state index contributed by atoms with van der Waals surface area (Å²) in [5.41, 5.74) is 0.438. The summed E-state index contributed by atoms with van der Waals surface area (Å²) < 4.78 is 31.2. The Hall–Kier alpha value is -1.61. The third kappa shape index (κ3) is 6.00. The molecule has 9 heteroatoms. The summed E-state index contributed by atoms with van der Waals surface area (Å²) in [6.07, 6.45) is 4.82. The van der Waals surface area contributed by atoms with Gasteiger partial charge in [0.05, 0.1) is 5.69 Å². The smallest absolute Gasteiger partial charge is 0.220 e. The van der Waals surface area contributed by atoms with E-state index in [9.17, 15) is 8.42 Å². The van der Waals surface area contributed by atoms with Crippen LogP contribution in [0.3, 0.4) is 0 Å². The van der Waals surface area contributed by atoms with Crippen LogP contribution in [-0.2, 0) is 15.8 Å². The zero-order valence-corrected chi connectivity index (χ0v) is 16.0. The number of aromatic nitrogens is 1. The highest BCUT2D eigenvalue weighted by Gasteiger charge is 2.28. The molecular formula is C16H29N5O3S. The number of unbranched alkanes of at least 4 members (excludes halogenated alkanes) is 2. The van der Waals surface area contributed by atoms with Gasteiger partial charge >= 0.3 is 0 Å². The Bertz CT molecular complexity index is 622. The summed E-state index contributed by atoms with van der Waals surface area (Å²) in [5, 5.41) is 7.00. The van der Waals surface area contributed by atoms with Crippen molar-refractivity contribution in [1.29, 1.82) is 0 Å². The minimum Gasteiger partial charge on any atom is -0.364 e. The minimum atomic E-state index is -3.37. The second-order valence-corrected chi connectivity index (χ2v) is 8.04. The lowest BCUT2D eigenvalue weighted by molar-refractivity contribution is 0.259.